The summed E-state index contributed by atoms with van der Waals surface area (Å²) in [5.74, 6) is -0.0680. The van der Waals surface area contributed by atoms with E-state index in [2.05, 4.69) is 4.98 Å². The van der Waals surface area contributed by atoms with E-state index in [-0.39, 0.29) is 18.2 Å². The number of carbonyl (C=O) groups excluding carboxylic acids is 1. The molecule has 1 aromatic heterocycles. The molecule has 3 N–H and O–H groups in total. The Hall–Kier alpha value is -2.52. The first-order valence-corrected chi connectivity index (χ1v) is 6.39. The molecule has 2 aromatic carbocycles. The number of benzene rings is 2. The van der Waals surface area contributed by atoms with Crippen LogP contribution in [0.2, 0.25) is 0 Å². The Bertz CT molecular complexity index is 736. The Kier molecular flexibility index (Phi) is 4.45. The Labute approximate surface area is 129 Å². The molecule has 0 fully saturated rings. The normalized spacial score (nSPS) is 9.90. The molecule has 0 aliphatic rings. The standard InChI is InChI=1S/C17H14N2O.ClH/c18-15-14(17(20)13-9-5-2-6-10-13)11-19-16(15)12-7-3-1-4-8-12;/h1-11,19H,18H2;1H. The molecule has 21 heavy (non-hydrogen) atoms. The molecule has 0 aliphatic carbocycles. The highest BCUT2D eigenvalue weighted by Gasteiger charge is 2.17. The maximum Gasteiger partial charge on any atom is 0.196 e. The van der Waals surface area contributed by atoms with Gasteiger partial charge in [0.05, 0.1) is 16.9 Å². The Morgan fingerprint density at radius 3 is 2.10 bits per heavy atom. The zero-order chi connectivity index (χ0) is 13.9. The number of anilines is 1. The molecule has 0 radical (unpaired) electrons. The fourth-order valence-electron chi connectivity index (χ4n) is 2.21. The van der Waals surface area contributed by atoms with E-state index in [1.54, 1.807) is 18.3 Å². The van der Waals surface area contributed by atoms with Gasteiger partial charge in [0.2, 0.25) is 0 Å². The number of carbonyl (C=O) groups is 1. The van der Waals surface area contributed by atoms with Crippen molar-refractivity contribution >= 4 is 23.9 Å². The molecular weight excluding hydrogens is 284 g/mol. The second kappa shape index (κ2) is 6.29. The first-order chi connectivity index (χ1) is 9.77. The van der Waals surface area contributed by atoms with Crippen molar-refractivity contribution in [1.29, 1.82) is 0 Å². The molecule has 4 heteroatoms. The van der Waals surface area contributed by atoms with Crippen molar-refractivity contribution in [2.24, 2.45) is 0 Å². The number of hydrogen-bond acceptors (Lipinski definition) is 2. The fraction of sp³-hybridized carbons (Fsp3) is 0. The summed E-state index contributed by atoms with van der Waals surface area (Å²) in [6.07, 6.45) is 1.67. The van der Waals surface area contributed by atoms with E-state index in [4.69, 9.17) is 5.73 Å². The maximum atomic E-state index is 12.4. The van der Waals surface area contributed by atoms with Crippen molar-refractivity contribution in [2.75, 3.05) is 5.73 Å². The molecule has 0 unspecified atom stereocenters. The second-order valence-electron chi connectivity index (χ2n) is 4.55. The van der Waals surface area contributed by atoms with Crippen molar-refractivity contribution in [1.82, 2.24) is 4.98 Å². The van der Waals surface area contributed by atoms with Gasteiger partial charge >= 0.3 is 0 Å². The lowest BCUT2D eigenvalue weighted by Gasteiger charge is -2.02. The average Bonchev–Trinajstić information content (AvgIpc) is 2.90. The first kappa shape index (κ1) is 14.9. The van der Waals surface area contributed by atoms with Crippen molar-refractivity contribution in [3.8, 4) is 11.3 Å². The summed E-state index contributed by atoms with van der Waals surface area (Å²) in [6, 6.07) is 18.9. The van der Waals surface area contributed by atoms with Gasteiger partial charge in [-0.2, -0.15) is 0 Å². The van der Waals surface area contributed by atoms with Gasteiger partial charge in [0, 0.05) is 17.3 Å². The van der Waals surface area contributed by atoms with E-state index < -0.39 is 0 Å². The van der Waals surface area contributed by atoms with Crippen LogP contribution in [0.3, 0.4) is 0 Å². The highest BCUT2D eigenvalue weighted by Crippen LogP contribution is 2.28. The number of ketones is 1. The zero-order valence-electron chi connectivity index (χ0n) is 11.2. The molecule has 106 valence electrons. The molecule has 0 amide bonds. The number of nitrogens with two attached hydrogens (primary N) is 1. The fourth-order valence-corrected chi connectivity index (χ4v) is 2.21. The molecule has 3 rings (SSSR count). The van der Waals surface area contributed by atoms with Crippen LogP contribution in [0.15, 0.2) is 66.9 Å². The summed E-state index contributed by atoms with van der Waals surface area (Å²) in [6.45, 7) is 0. The Morgan fingerprint density at radius 2 is 1.48 bits per heavy atom. The van der Waals surface area contributed by atoms with Gasteiger partial charge in [0.25, 0.3) is 0 Å². The lowest BCUT2D eigenvalue weighted by atomic mass is 10.0. The van der Waals surface area contributed by atoms with Gasteiger partial charge < -0.3 is 10.7 Å². The molecule has 1 heterocycles. The van der Waals surface area contributed by atoms with Crippen LogP contribution in [0.5, 0.6) is 0 Å². The minimum atomic E-state index is -0.0680. The topological polar surface area (TPSA) is 58.9 Å². The van der Waals surface area contributed by atoms with Gasteiger partial charge in [0.1, 0.15) is 0 Å². The number of nitrogens with one attached hydrogen (secondary N) is 1. The molecular formula is C17H15ClN2O. The van der Waals surface area contributed by atoms with Crippen molar-refractivity contribution in [2.45, 2.75) is 0 Å². The number of halogens is 1. The summed E-state index contributed by atoms with van der Waals surface area (Å²) < 4.78 is 0. The van der Waals surface area contributed by atoms with Crippen LogP contribution in [0.25, 0.3) is 11.3 Å². The average molecular weight is 299 g/mol. The summed E-state index contributed by atoms with van der Waals surface area (Å²) in [5.41, 5.74) is 9.51. The monoisotopic (exact) mass is 298 g/mol. The maximum absolute atomic E-state index is 12.4. The van der Waals surface area contributed by atoms with E-state index in [0.29, 0.717) is 16.8 Å². The first-order valence-electron chi connectivity index (χ1n) is 6.39. The van der Waals surface area contributed by atoms with Gasteiger partial charge in [-0.05, 0) is 0 Å². The van der Waals surface area contributed by atoms with E-state index in [1.165, 1.54) is 0 Å². The molecule has 3 aromatic rings. The van der Waals surface area contributed by atoms with Gasteiger partial charge in [0.15, 0.2) is 5.78 Å². The van der Waals surface area contributed by atoms with Crippen molar-refractivity contribution in [3.63, 3.8) is 0 Å². The van der Waals surface area contributed by atoms with Gasteiger partial charge in [-0.15, -0.1) is 12.4 Å². The smallest absolute Gasteiger partial charge is 0.196 e. The lowest BCUT2D eigenvalue weighted by molar-refractivity contribution is 0.103. The third kappa shape index (κ3) is 2.83. The zero-order valence-corrected chi connectivity index (χ0v) is 12.1. The van der Waals surface area contributed by atoms with Gasteiger partial charge in [-0.1, -0.05) is 60.7 Å². The summed E-state index contributed by atoms with van der Waals surface area (Å²) >= 11 is 0. The minimum absolute atomic E-state index is 0. The molecule has 0 saturated heterocycles. The third-order valence-corrected chi connectivity index (χ3v) is 3.26. The summed E-state index contributed by atoms with van der Waals surface area (Å²) in [5, 5.41) is 0. The van der Waals surface area contributed by atoms with Gasteiger partial charge in [-0.3, -0.25) is 4.79 Å². The summed E-state index contributed by atoms with van der Waals surface area (Å²) in [7, 11) is 0. The van der Waals surface area contributed by atoms with Crippen molar-refractivity contribution in [3.05, 3.63) is 78.0 Å². The van der Waals surface area contributed by atoms with Crippen LogP contribution in [-0.2, 0) is 0 Å². The van der Waals surface area contributed by atoms with Crippen LogP contribution < -0.4 is 5.73 Å². The predicted molar refractivity (Wildman–Crippen MR) is 87.8 cm³/mol. The number of rotatable bonds is 3. The number of nitrogen functional groups attached to an aromatic ring is 1. The van der Waals surface area contributed by atoms with Crippen LogP contribution >= 0.6 is 12.4 Å². The Balaban J connectivity index is 0.00000161. The SMILES string of the molecule is Cl.Nc1c(C(=O)c2ccccc2)c[nH]c1-c1ccccc1. The highest BCUT2D eigenvalue weighted by atomic mass is 35.5. The predicted octanol–water partition coefficient (Wildman–Crippen LogP) is 3.92. The van der Waals surface area contributed by atoms with E-state index in [1.807, 2.05) is 48.5 Å². The number of hydrogen-bond donors (Lipinski definition) is 2. The summed E-state index contributed by atoms with van der Waals surface area (Å²) in [4.78, 5) is 15.5. The lowest BCUT2D eigenvalue weighted by Crippen LogP contribution is -2.03. The minimum Gasteiger partial charge on any atom is -0.396 e. The quantitative estimate of drug-likeness (QED) is 0.720. The van der Waals surface area contributed by atoms with Crippen LogP contribution in [0, 0.1) is 0 Å². The molecule has 0 atom stereocenters. The number of aromatic amines is 1. The molecule has 0 spiro atoms. The van der Waals surface area contributed by atoms with Crippen molar-refractivity contribution < 1.29 is 4.79 Å². The Morgan fingerprint density at radius 1 is 0.905 bits per heavy atom. The van der Waals surface area contributed by atoms with Crippen LogP contribution in [0.1, 0.15) is 15.9 Å². The molecule has 0 bridgehead atoms. The second-order valence-corrected chi connectivity index (χ2v) is 4.55. The third-order valence-electron chi connectivity index (χ3n) is 3.26. The number of aromatic nitrogens is 1. The largest absolute Gasteiger partial charge is 0.396 e. The molecule has 0 aliphatic heterocycles. The molecule has 3 nitrogen and oxygen atoms in total. The van der Waals surface area contributed by atoms with E-state index in [9.17, 15) is 4.79 Å². The van der Waals surface area contributed by atoms with Gasteiger partial charge in [-0.25, -0.2) is 0 Å². The highest BCUT2D eigenvalue weighted by molar-refractivity contribution is 6.13. The van der Waals surface area contributed by atoms with E-state index in [0.717, 1.165) is 11.3 Å². The van der Waals surface area contributed by atoms with Crippen LogP contribution in [-0.4, -0.2) is 10.8 Å². The number of H-pyrrole nitrogens is 1. The van der Waals surface area contributed by atoms with E-state index >= 15 is 0 Å². The van der Waals surface area contributed by atoms with Crippen LogP contribution in [0.4, 0.5) is 5.69 Å². The molecule has 0 saturated carbocycles.